The number of nitrogens with zero attached hydrogens (tertiary/aromatic N) is 2. The molecule has 3 saturated carbocycles. The zero-order chi connectivity index (χ0) is 14.6. The first kappa shape index (κ1) is 12.6. The molecule has 0 radical (unpaired) electrons. The molecule has 4 nitrogen and oxygen atoms in total. The number of nitrogens with one attached hydrogen (secondary N) is 2. The van der Waals surface area contributed by atoms with Crippen LogP contribution in [0.3, 0.4) is 0 Å². The average molecular weight is 292 g/mol. The number of hydrazine groups is 1. The molecule has 1 spiro atoms. The summed E-state index contributed by atoms with van der Waals surface area (Å²) < 4.78 is 0. The predicted octanol–water partition coefficient (Wildman–Crippen LogP) is 3.00. The van der Waals surface area contributed by atoms with Crippen LogP contribution < -0.4 is 10.9 Å². The third-order valence-electron chi connectivity index (χ3n) is 5.70. The molecule has 0 amide bonds. The van der Waals surface area contributed by atoms with Gasteiger partial charge in [-0.25, -0.2) is 10.4 Å². The first-order valence-corrected chi connectivity index (χ1v) is 8.31. The lowest BCUT2D eigenvalue weighted by Gasteiger charge is -2.47. The standard InChI is InChI=1S/C18H20N4/c1-2-4-14-11-19-16(9-13(14)3-1)17-20-18(22-21-17)10-12-5-7-15(18)8-6-12/h1-4,9,11-12,15,22H,5-8,10H2,(H,20,21)/t12?,15?,18-/m1/s1. The monoisotopic (exact) mass is 292 g/mol. The third kappa shape index (κ3) is 1.80. The Kier molecular flexibility index (Phi) is 2.59. The summed E-state index contributed by atoms with van der Waals surface area (Å²) in [6, 6.07) is 10.5. The van der Waals surface area contributed by atoms with Crippen molar-refractivity contribution in [3.05, 3.63) is 42.2 Å². The molecule has 0 saturated heterocycles. The van der Waals surface area contributed by atoms with Crippen LogP contribution in [-0.2, 0) is 0 Å². The third-order valence-corrected chi connectivity index (χ3v) is 5.70. The van der Waals surface area contributed by atoms with E-state index in [4.69, 9.17) is 4.99 Å². The van der Waals surface area contributed by atoms with Crippen LogP contribution in [-0.4, -0.2) is 16.5 Å². The molecule has 6 rings (SSSR count). The van der Waals surface area contributed by atoms with Gasteiger partial charge in [-0.05, 0) is 55.4 Å². The molecule has 2 N–H and O–H groups in total. The van der Waals surface area contributed by atoms with Gasteiger partial charge in [0, 0.05) is 11.6 Å². The number of pyridine rings is 1. The quantitative estimate of drug-likeness (QED) is 0.849. The second-order valence-corrected chi connectivity index (χ2v) is 6.97. The molecule has 2 bridgehead atoms. The number of fused-ring (bicyclic) bond motifs is 3. The minimum Gasteiger partial charge on any atom is -0.302 e. The Morgan fingerprint density at radius 2 is 1.86 bits per heavy atom. The van der Waals surface area contributed by atoms with Gasteiger partial charge in [-0.15, -0.1) is 0 Å². The maximum Gasteiger partial charge on any atom is 0.163 e. The van der Waals surface area contributed by atoms with E-state index in [9.17, 15) is 0 Å². The summed E-state index contributed by atoms with van der Waals surface area (Å²) in [5, 5.41) is 2.38. The van der Waals surface area contributed by atoms with E-state index in [0.29, 0.717) is 5.92 Å². The van der Waals surface area contributed by atoms with Crippen molar-refractivity contribution in [1.29, 1.82) is 0 Å². The fraction of sp³-hybridized carbons (Fsp3) is 0.444. The number of benzene rings is 1. The van der Waals surface area contributed by atoms with Gasteiger partial charge in [-0.2, -0.15) is 0 Å². The topological polar surface area (TPSA) is 49.3 Å². The lowest BCUT2D eigenvalue weighted by Crippen LogP contribution is -2.56. The van der Waals surface area contributed by atoms with Crippen LogP contribution in [0.25, 0.3) is 10.8 Å². The molecule has 3 fully saturated rings. The van der Waals surface area contributed by atoms with E-state index in [2.05, 4.69) is 40.1 Å². The number of hydrogen-bond acceptors (Lipinski definition) is 4. The van der Waals surface area contributed by atoms with Gasteiger partial charge in [0.25, 0.3) is 0 Å². The van der Waals surface area contributed by atoms with E-state index >= 15 is 0 Å². The lowest BCUT2D eigenvalue weighted by molar-refractivity contribution is 0.0506. The number of hydrogen-bond donors (Lipinski definition) is 2. The molecule has 112 valence electrons. The average Bonchev–Trinajstić information content (AvgIpc) is 2.99. The van der Waals surface area contributed by atoms with E-state index in [0.717, 1.165) is 17.4 Å². The first-order chi connectivity index (χ1) is 10.8. The summed E-state index contributed by atoms with van der Waals surface area (Å²) in [5.41, 5.74) is 7.68. The van der Waals surface area contributed by atoms with Crippen LogP contribution in [0.2, 0.25) is 0 Å². The number of aromatic nitrogens is 1. The zero-order valence-electron chi connectivity index (χ0n) is 12.5. The van der Waals surface area contributed by atoms with Crippen molar-refractivity contribution in [1.82, 2.24) is 15.8 Å². The smallest absolute Gasteiger partial charge is 0.163 e. The van der Waals surface area contributed by atoms with Crippen LogP contribution >= 0.6 is 0 Å². The Bertz CT molecular complexity index is 761. The highest BCUT2D eigenvalue weighted by molar-refractivity contribution is 6.00. The lowest BCUT2D eigenvalue weighted by atomic mass is 9.65. The molecule has 1 aromatic heterocycles. The highest BCUT2D eigenvalue weighted by Crippen LogP contribution is 2.48. The largest absolute Gasteiger partial charge is 0.302 e. The fourth-order valence-electron chi connectivity index (χ4n) is 4.50. The van der Waals surface area contributed by atoms with E-state index < -0.39 is 0 Å². The Hall–Kier alpha value is -1.94. The van der Waals surface area contributed by atoms with Crippen molar-refractivity contribution in [2.24, 2.45) is 16.8 Å². The number of aliphatic imine (C=N–C) groups is 1. The Morgan fingerprint density at radius 3 is 2.64 bits per heavy atom. The molecule has 1 aromatic carbocycles. The van der Waals surface area contributed by atoms with Gasteiger partial charge in [-0.3, -0.25) is 4.98 Å². The number of amidine groups is 1. The highest BCUT2D eigenvalue weighted by atomic mass is 15.5. The Morgan fingerprint density at radius 1 is 1.05 bits per heavy atom. The molecule has 1 atom stereocenters. The van der Waals surface area contributed by atoms with Crippen molar-refractivity contribution in [3.8, 4) is 0 Å². The molecule has 1 aliphatic heterocycles. The normalized spacial score (nSPS) is 33.2. The second-order valence-electron chi connectivity index (χ2n) is 6.97. The molecule has 22 heavy (non-hydrogen) atoms. The molecule has 4 heteroatoms. The minimum atomic E-state index is -0.0795. The summed E-state index contributed by atoms with van der Waals surface area (Å²) in [6.07, 6.45) is 8.48. The van der Waals surface area contributed by atoms with E-state index in [1.165, 1.54) is 42.9 Å². The summed E-state index contributed by atoms with van der Waals surface area (Å²) in [5.74, 6) is 2.41. The predicted molar refractivity (Wildman–Crippen MR) is 87.3 cm³/mol. The minimum absolute atomic E-state index is 0.0795. The van der Waals surface area contributed by atoms with Crippen LogP contribution in [0, 0.1) is 11.8 Å². The van der Waals surface area contributed by atoms with Crippen LogP contribution in [0.5, 0.6) is 0 Å². The Balaban J connectivity index is 1.53. The van der Waals surface area contributed by atoms with Crippen molar-refractivity contribution in [2.75, 3.05) is 0 Å². The molecule has 2 heterocycles. The van der Waals surface area contributed by atoms with Crippen molar-refractivity contribution in [3.63, 3.8) is 0 Å². The van der Waals surface area contributed by atoms with Gasteiger partial charge in [0.15, 0.2) is 5.84 Å². The summed E-state index contributed by atoms with van der Waals surface area (Å²) in [4.78, 5) is 9.67. The summed E-state index contributed by atoms with van der Waals surface area (Å²) in [7, 11) is 0. The van der Waals surface area contributed by atoms with Gasteiger partial charge < -0.3 is 5.43 Å². The van der Waals surface area contributed by atoms with Crippen LogP contribution in [0.15, 0.2) is 41.5 Å². The molecule has 2 aromatic rings. The van der Waals surface area contributed by atoms with Gasteiger partial charge in [-0.1, -0.05) is 24.3 Å². The molecular formula is C18H20N4. The first-order valence-electron chi connectivity index (χ1n) is 8.31. The molecular weight excluding hydrogens is 272 g/mol. The number of rotatable bonds is 1. The van der Waals surface area contributed by atoms with E-state index in [-0.39, 0.29) is 5.66 Å². The van der Waals surface area contributed by atoms with Crippen LogP contribution in [0.4, 0.5) is 0 Å². The SMILES string of the molecule is c1ccc2cc(C3=N[C@]4(CC5CCC4CC5)NN3)ncc2c1. The summed E-state index contributed by atoms with van der Waals surface area (Å²) >= 11 is 0. The van der Waals surface area contributed by atoms with Gasteiger partial charge in [0.1, 0.15) is 11.4 Å². The molecule has 3 aliphatic carbocycles. The molecule has 4 aliphatic rings. The second kappa shape index (κ2) is 4.53. The maximum absolute atomic E-state index is 5.07. The van der Waals surface area contributed by atoms with E-state index in [1.807, 2.05) is 12.3 Å². The van der Waals surface area contributed by atoms with E-state index in [1.54, 1.807) is 0 Å². The highest BCUT2D eigenvalue weighted by Gasteiger charge is 2.50. The molecule has 0 unspecified atom stereocenters. The van der Waals surface area contributed by atoms with Crippen molar-refractivity contribution in [2.45, 2.75) is 37.8 Å². The van der Waals surface area contributed by atoms with Crippen LogP contribution in [0.1, 0.15) is 37.8 Å². The summed E-state index contributed by atoms with van der Waals surface area (Å²) in [6.45, 7) is 0. The fourth-order valence-corrected chi connectivity index (χ4v) is 4.50. The van der Waals surface area contributed by atoms with Crippen molar-refractivity contribution >= 4 is 16.6 Å². The maximum atomic E-state index is 5.07. The zero-order valence-corrected chi connectivity index (χ0v) is 12.5. The van der Waals surface area contributed by atoms with Gasteiger partial charge in [0.05, 0.1) is 0 Å². The van der Waals surface area contributed by atoms with Gasteiger partial charge >= 0.3 is 0 Å². The Labute approximate surface area is 130 Å². The van der Waals surface area contributed by atoms with Gasteiger partial charge in [0.2, 0.25) is 0 Å². The van der Waals surface area contributed by atoms with Crippen molar-refractivity contribution < 1.29 is 0 Å².